The molecule has 0 N–H and O–H groups in total. The Morgan fingerprint density at radius 2 is 1.19 bits per heavy atom. The smallest absolute Gasteiger partial charge is 0.241 e. The first-order chi connectivity index (χ1) is 12.4. The quantitative estimate of drug-likeness (QED) is 0.714. The zero-order chi connectivity index (χ0) is 19.1. The van der Waals surface area contributed by atoms with Crippen LogP contribution >= 0.6 is 0 Å². The van der Waals surface area contributed by atoms with Crippen LogP contribution in [0.2, 0.25) is 0 Å². The summed E-state index contributed by atoms with van der Waals surface area (Å²) in [6.45, 7) is 2.53. The van der Waals surface area contributed by atoms with Crippen molar-refractivity contribution in [2.75, 3.05) is 4.90 Å². The van der Waals surface area contributed by atoms with Gasteiger partial charge < -0.3 is 4.74 Å². The van der Waals surface area contributed by atoms with Crippen molar-refractivity contribution in [2.24, 2.45) is 0 Å². The van der Waals surface area contributed by atoms with E-state index in [-0.39, 0.29) is 17.3 Å². The normalized spacial score (nSPS) is 10.1. The molecule has 2 aromatic rings. The van der Waals surface area contributed by atoms with E-state index >= 15 is 0 Å². The monoisotopic (exact) mass is 353 g/mol. The zero-order valence-corrected chi connectivity index (χ0v) is 14.6. The number of nitrogens with zero attached hydrogens (tertiary/aromatic N) is 1. The lowest BCUT2D eigenvalue weighted by Crippen LogP contribution is -2.38. The number of carbonyl (C=O) groups is 4. The molecule has 0 unspecified atom stereocenters. The second-order valence-electron chi connectivity index (χ2n) is 5.79. The Morgan fingerprint density at radius 1 is 0.731 bits per heavy atom. The molecule has 134 valence electrons. The first kappa shape index (κ1) is 19.1. The van der Waals surface area contributed by atoms with Crippen LogP contribution in [-0.2, 0) is 19.2 Å². The van der Waals surface area contributed by atoms with Crippen LogP contribution in [-0.4, -0.2) is 23.4 Å². The van der Waals surface area contributed by atoms with Crippen molar-refractivity contribution in [3.8, 4) is 11.5 Å². The van der Waals surface area contributed by atoms with Gasteiger partial charge >= 0.3 is 0 Å². The molecule has 0 aliphatic rings. The first-order valence-corrected chi connectivity index (χ1v) is 8.04. The predicted octanol–water partition coefficient (Wildman–Crippen LogP) is 3.30. The highest BCUT2D eigenvalue weighted by Gasteiger charge is 2.25. The molecule has 0 saturated heterocycles. The molecule has 6 heteroatoms. The molecule has 2 rings (SSSR count). The van der Waals surface area contributed by atoms with Crippen molar-refractivity contribution in [3.63, 3.8) is 0 Å². The van der Waals surface area contributed by atoms with Crippen LogP contribution in [0.25, 0.3) is 0 Å². The van der Waals surface area contributed by atoms with Crippen LogP contribution in [0.1, 0.15) is 26.7 Å². The molecule has 0 aliphatic heterocycles. The van der Waals surface area contributed by atoms with Gasteiger partial charge in [0, 0.05) is 0 Å². The standard InChI is InChI=1S/C20H19NO5/c1-14(22)12-19(24)21(20(25)13-15(2)23)16-8-10-18(11-9-16)26-17-6-4-3-5-7-17/h3-11H,12-13H2,1-2H3. The molecule has 0 fully saturated rings. The number of Topliss-reactive ketones (excluding diaryl/α,β-unsaturated/α-hetero) is 2. The minimum atomic E-state index is -0.666. The van der Waals surface area contributed by atoms with E-state index in [0.29, 0.717) is 11.5 Å². The van der Waals surface area contributed by atoms with Gasteiger partial charge in [0.2, 0.25) is 11.8 Å². The summed E-state index contributed by atoms with van der Waals surface area (Å²) >= 11 is 0. The predicted molar refractivity (Wildman–Crippen MR) is 96.0 cm³/mol. The molecule has 2 aromatic carbocycles. The molecule has 2 amide bonds. The molecule has 6 nitrogen and oxygen atoms in total. The van der Waals surface area contributed by atoms with Crippen molar-refractivity contribution < 1.29 is 23.9 Å². The lowest BCUT2D eigenvalue weighted by molar-refractivity contribution is -0.130. The number of ether oxygens (including phenoxy) is 1. The highest BCUT2D eigenvalue weighted by Crippen LogP contribution is 2.25. The fourth-order valence-corrected chi connectivity index (χ4v) is 2.30. The molecule has 0 atom stereocenters. The summed E-state index contributed by atoms with van der Waals surface area (Å²) in [5, 5.41) is 0. The van der Waals surface area contributed by atoms with Crippen molar-refractivity contribution in [2.45, 2.75) is 26.7 Å². The Bertz CT molecular complexity index is 784. The molecular formula is C20H19NO5. The van der Waals surface area contributed by atoms with Crippen molar-refractivity contribution in [3.05, 3.63) is 54.6 Å². The number of hydrogen-bond donors (Lipinski definition) is 0. The maximum atomic E-state index is 12.3. The number of amides is 2. The van der Waals surface area contributed by atoms with Crippen molar-refractivity contribution >= 4 is 29.1 Å². The minimum Gasteiger partial charge on any atom is -0.457 e. The maximum Gasteiger partial charge on any atom is 0.241 e. The molecule has 0 heterocycles. The summed E-state index contributed by atoms with van der Waals surface area (Å²) in [6, 6.07) is 15.4. The van der Waals surface area contributed by atoms with E-state index in [1.54, 1.807) is 24.3 Å². The first-order valence-electron chi connectivity index (χ1n) is 8.04. The van der Waals surface area contributed by atoms with Crippen LogP contribution in [0.5, 0.6) is 11.5 Å². The Morgan fingerprint density at radius 3 is 1.65 bits per heavy atom. The van der Waals surface area contributed by atoms with Crippen LogP contribution in [0, 0.1) is 0 Å². The number of para-hydroxylation sites is 1. The largest absolute Gasteiger partial charge is 0.457 e. The third kappa shape index (κ3) is 5.37. The molecule has 0 radical (unpaired) electrons. The number of imide groups is 1. The molecule has 26 heavy (non-hydrogen) atoms. The summed E-state index contributed by atoms with van der Waals surface area (Å²) in [7, 11) is 0. The summed E-state index contributed by atoms with van der Waals surface area (Å²) in [5.74, 6) is -0.879. The summed E-state index contributed by atoms with van der Waals surface area (Å²) in [5.41, 5.74) is 0.280. The number of carbonyl (C=O) groups excluding carboxylic acids is 4. The van der Waals surface area contributed by atoms with Crippen LogP contribution in [0.4, 0.5) is 5.69 Å². The van der Waals surface area contributed by atoms with Gasteiger partial charge in [0.1, 0.15) is 23.1 Å². The van der Waals surface area contributed by atoms with Gasteiger partial charge in [-0.05, 0) is 50.2 Å². The molecule has 0 aromatic heterocycles. The van der Waals surface area contributed by atoms with Gasteiger partial charge in [-0.3, -0.25) is 19.2 Å². The number of hydrogen-bond acceptors (Lipinski definition) is 5. The third-order valence-electron chi connectivity index (χ3n) is 3.37. The zero-order valence-electron chi connectivity index (χ0n) is 14.6. The van der Waals surface area contributed by atoms with E-state index in [4.69, 9.17) is 4.74 Å². The minimum absolute atomic E-state index is 0.280. The van der Waals surface area contributed by atoms with Gasteiger partial charge in [0.25, 0.3) is 0 Å². The molecule has 0 saturated carbocycles. The second kappa shape index (κ2) is 8.71. The Labute approximate surface area is 151 Å². The molecule has 0 spiro atoms. The van der Waals surface area contributed by atoms with Gasteiger partial charge in [-0.25, -0.2) is 4.90 Å². The van der Waals surface area contributed by atoms with Crippen molar-refractivity contribution in [1.29, 1.82) is 0 Å². The Balaban J connectivity index is 2.23. The Hall–Kier alpha value is -3.28. The highest BCUT2D eigenvalue weighted by molar-refractivity contribution is 6.21. The van der Waals surface area contributed by atoms with Crippen molar-refractivity contribution in [1.82, 2.24) is 0 Å². The van der Waals surface area contributed by atoms with Crippen LogP contribution in [0.3, 0.4) is 0 Å². The van der Waals surface area contributed by atoms with Crippen LogP contribution < -0.4 is 9.64 Å². The fourth-order valence-electron chi connectivity index (χ4n) is 2.30. The molecular weight excluding hydrogens is 334 g/mol. The van der Waals surface area contributed by atoms with Gasteiger partial charge in [0.05, 0.1) is 18.5 Å². The summed E-state index contributed by atoms with van der Waals surface area (Å²) in [6.07, 6.45) is -0.822. The fraction of sp³-hybridized carbons (Fsp3) is 0.200. The number of ketones is 2. The van der Waals surface area contributed by atoms with Gasteiger partial charge in [-0.2, -0.15) is 0 Å². The van der Waals surface area contributed by atoms with Crippen LogP contribution in [0.15, 0.2) is 54.6 Å². The third-order valence-corrected chi connectivity index (χ3v) is 3.37. The van der Waals surface area contributed by atoms with Gasteiger partial charge in [-0.1, -0.05) is 18.2 Å². The van der Waals surface area contributed by atoms with Gasteiger partial charge in [-0.15, -0.1) is 0 Å². The number of anilines is 1. The second-order valence-corrected chi connectivity index (χ2v) is 5.79. The lowest BCUT2D eigenvalue weighted by Gasteiger charge is -2.20. The topological polar surface area (TPSA) is 80.8 Å². The SMILES string of the molecule is CC(=O)CC(=O)N(C(=O)CC(C)=O)c1ccc(Oc2ccccc2)cc1. The molecule has 0 bridgehead atoms. The van der Waals surface area contributed by atoms with Gasteiger partial charge in [0.15, 0.2) is 0 Å². The summed E-state index contributed by atoms with van der Waals surface area (Å²) < 4.78 is 5.67. The average molecular weight is 353 g/mol. The van der Waals surface area contributed by atoms with E-state index < -0.39 is 24.7 Å². The van der Waals surface area contributed by atoms with E-state index in [2.05, 4.69) is 0 Å². The van der Waals surface area contributed by atoms with E-state index in [1.165, 1.54) is 26.0 Å². The number of benzene rings is 2. The average Bonchev–Trinajstić information content (AvgIpc) is 2.56. The molecule has 0 aliphatic carbocycles. The maximum absolute atomic E-state index is 12.3. The summed E-state index contributed by atoms with van der Waals surface area (Å²) in [4.78, 5) is 48.0. The Kier molecular flexibility index (Phi) is 6.38. The van der Waals surface area contributed by atoms with E-state index in [9.17, 15) is 19.2 Å². The van der Waals surface area contributed by atoms with E-state index in [1.807, 2.05) is 18.2 Å². The lowest BCUT2D eigenvalue weighted by atomic mass is 10.2. The van der Waals surface area contributed by atoms with E-state index in [0.717, 1.165) is 4.90 Å². The highest BCUT2D eigenvalue weighted by atomic mass is 16.5. The number of rotatable bonds is 7.